The quantitative estimate of drug-likeness (QED) is 0.675. The number of hydrogen-bond acceptors (Lipinski definition) is 3. The monoisotopic (exact) mass is 275 g/mol. The number of benzene rings is 2. The van der Waals surface area contributed by atoms with Crippen molar-refractivity contribution in [2.75, 3.05) is 0 Å². The summed E-state index contributed by atoms with van der Waals surface area (Å²) in [6.07, 6.45) is 2.45. The molecule has 0 unspecified atom stereocenters. The fourth-order valence-electron chi connectivity index (χ4n) is 2.89. The van der Waals surface area contributed by atoms with E-state index < -0.39 is 0 Å². The minimum absolute atomic E-state index is 0.00291. The molecule has 21 heavy (non-hydrogen) atoms. The number of nitrogens with zero attached hydrogens (tertiary/aromatic N) is 1. The van der Waals surface area contributed by atoms with Gasteiger partial charge in [0, 0.05) is 6.92 Å². The summed E-state index contributed by atoms with van der Waals surface area (Å²) in [5, 5.41) is 0. The van der Waals surface area contributed by atoms with Gasteiger partial charge in [0.1, 0.15) is 5.52 Å². The van der Waals surface area contributed by atoms with Gasteiger partial charge in [-0.2, -0.15) is 0 Å². The van der Waals surface area contributed by atoms with Crippen molar-refractivity contribution < 1.29 is 9.21 Å². The van der Waals surface area contributed by atoms with Crippen LogP contribution < -0.4 is 0 Å². The second-order valence-electron chi connectivity index (χ2n) is 5.26. The molecule has 0 aliphatic heterocycles. The molecule has 3 aromatic rings. The van der Waals surface area contributed by atoms with E-state index in [-0.39, 0.29) is 5.78 Å². The van der Waals surface area contributed by atoms with Crippen molar-refractivity contribution in [2.24, 2.45) is 0 Å². The van der Waals surface area contributed by atoms with Gasteiger partial charge in [-0.05, 0) is 35.3 Å². The van der Waals surface area contributed by atoms with E-state index in [4.69, 9.17) is 4.42 Å². The van der Waals surface area contributed by atoms with Crippen molar-refractivity contribution in [3.05, 3.63) is 71.1 Å². The SMILES string of the molecule is Cc1nc2ccc3c(c2o1)C(=O)C=C(c1ccccc1)C3. The van der Waals surface area contributed by atoms with Crippen LogP contribution in [-0.4, -0.2) is 10.8 Å². The third-order valence-electron chi connectivity index (χ3n) is 3.83. The fourth-order valence-corrected chi connectivity index (χ4v) is 2.89. The van der Waals surface area contributed by atoms with Crippen LogP contribution in [0.5, 0.6) is 0 Å². The highest BCUT2D eigenvalue weighted by Gasteiger charge is 2.23. The first-order chi connectivity index (χ1) is 10.2. The first kappa shape index (κ1) is 12.1. The molecule has 4 rings (SSSR count). The Morgan fingerprint density at radius 3 is 2.71 bits per heavy atom. The van der Waals surface area contributed by atoms with Crippen LogP contribution in [0, 0.1) is 6.92 Å². The number of fused-ring (bicyclic) bond motifs is 3. The van der Waals surface area contributed by atoms with E-state index in [9.17, 15) is 4.79 Å². The number of oxazole rings is 1. The number of allylic oxidation sites excluding steroid dienone is 2. The maximum absolute atomic E-state index is 12.5. The molecule has 102 valence electrons. The van der Waals surface area contributed by atoms with Gasteiger partial charge in [-0.25, -0.2) is 4.98 Å². The Balaban J connectivity index is 1.88. The number of carbonyl (C=O) groups excluding carboxylic acids is 1. The molecule has 0 atom stereocenters. The minimum Gasteiger partial charge on any atom is -0.440 e. The zero-order chi connectivity index (χ0) is 14.4. The van der Waals surface area contributed by atoms with Crippen LogP contribution in [0.1, 0.15) is 27.4 Å². The van der Waals surface area contributed by atoms with E-state index in [1.165, 1.54) is 0 Å². The third-order valence-corrected chi connectivity index (χ3v) is 3.83. The van der Waals surface area contributed by atoms with Crippen LogP contribution in [0.3, 0.4) is 0 Å². The molecule has 1 aliphatic rings. The molecular weight excluding hydrogens is 262 g/mol. The van der Waals surface area contributed by atoms with Crippen LogP contribution in [0.15, 0.2) is 53.0 Å². The Bertz CT molecular complexity index is 888. The lowest BCUT2D eigenvalue weighted by Gasteiger charge is -2.16. The zero-order valence-corrected chi connectivity index (χ0v) is 11.6. The topological polar surface area (TPSA) is 43.1 Å². The standard InChI is InChI=1S/C18H13NO2/c1-11-19-15-8-7-13-9-14(12-5-3-2-4-6-12)10-16(20)17(13)18(15)21-11/h2-8,10H,9H2,1H3. The number of aryl methyl sites for hydroxylation is 1. The van der Waals surface area contributed by atoms with Gasteiger partial charge in [-0.3, -0.25) is 4.79 Å². The second kappa shape index (κ2) is 4.42. The Kier molecular flexibility index (Phi) is 2.54. The highest BCUT2D eigenvalue weighted by atomic mass is 16.3. The maximum atomic E-state index is 12.5. The van der Waals surface area contributed by atoms with Gasteiger partial charge in [0.05, 0.1) is 5.56 Å². The Hall–Kier alpha value is -2.68. The van der Waals surface area contributed by atoms with Crippen LogP contribution >= 0.6 is 0 Å². The molecule has 0 amide bonds. The molecule has 0 spiro atoms. The largest absolute Gasteiger partial charge is 0.440 e. The maximum Gasteiger partial charge on any atom is 0.192 e. The first-order valence-corrected chi connectivity index (χ1v) is 6.92. The molecule has 0 saturated heterocycles. The third kappa shape index (κ3) is 1.89. The molecule has 0 fully saturated rings. The molecule has 0 radical (unpaired) electrons. The number of ketones is 1. The lowest BCUT2D eigenvalue weighted by atomic mass is 9.87. The molecule has 3 nitrogen and oxygen atoms in total. The van der Waals surface area contributed by atoms with Crippen molar-refractivity contribution in [3.63, 3.8) is 0 Å². The molecule has 0 N–H and O–H groups in total. The zero-order valence-electron chi connectivity index (χ0n) is 11.6. The van der Waals surface area contributed by atoms with Gasteiger partial charge in [0.25, 0.3) is 0 Å². The van der Waals surface area contributed by atoms with E-state index in [1.807, 2.05) is 42.5 Å². The number of aromatic nitrogens is 1. The first-order valence-electron chi connectivity index (χ1n) is 6.92. The lowest BCUT2D eigenvalue weighted by Crippen LogP contribution is -2.09. The number of carbonyl (C=O) groups is 1. The molecule has 0 saturated carbocycles. The van der Waals surface area contributed by atoms with Crippen molar-refractivity contribution in [3.8, 4) is 0 Å². The van der Waals surface area contributed by atoms with Crippen molar-refractivity contribution in [2.45, 2.75) is 13.3 Å². The van der Waals surface area contributed by atoms with Gasteiger partial charge in [-0.1, -0.05) is 36.4 Å². The van der Waals surface area contributed by atoms with E-state index >= 15 is 0 Å². The molecule has 1 heterocycles. The van der Waals surface area contributed by atoms with Crippen LogP contribution in [0.4, 0.5) is 0 Å². The van der Waals surface area contributed by atoms with Crippen LogP contribution in [-0.2, 0) is 6.42 Å². The molecule has 1 aromatic heterocycles. The Morgan fingerprint density at radius 1 is 1.10 bits per heavy atom. The molecule has 0 bridgehead atoms. The summed E-state index contributed by atoms with van der Waals surface area (Å²) in [4.78, 5) is 16.8. The summed E-state index contributed by atoms with van der Waals surface area (Å²) in [6, 6.07) is 13.9. The summed E-state index contributed by atoms with van der Waals surface area (Å²) in [6.45, 7) is 1.80. The predicted molar refractivity (Wildman–Crippen MR) is 81.2 cm³/mol. The Morgan fingerprint density at radius 2 is 1.90 bits per heavy atom. The summed E-state index contributed by atoms with van der Waals surface area (Å²) in [5.41, 5.74) is 5.15. The highest BCUT2D eigenvalue weighted by molar-refractivity contribution is 6.17. The highest BCUT2D eigenvalue weighted by Crippen LogP contribution is 2.32. The van der Waals surface area contributed by atoms with Crippen LogP contribution in [0.25, 0.3) is 16.7 Å². The summed E-state index contributed by atoms with van der Waals surface area (Å²) in [5.74, 6) is 0.584. The molecule has 2 aromatic carbocycles. The fraction of sp³-hybridized carbons (Fsp3) is 0.111. The van der Waals surface area contributed by atoms with Crippen molar-refractivity contribution in [1.82, 2.24) is 4.98 Å². The normalized spacial score (nSPS) is 14.1. The summed E-state index contributed by atoms with van der Waals surface area (Å²) < 4.78 is 5.62. The minimum atomic E-state index is -0.00291. The van der Waals surface area contributed by atoms with E-state index in [1.54, 1.807) is 13.0 Å². The number of hydrogen-bond donors (Lipinski definition) is 0. The van der Waals surface area contributed by atoms with Gasteiger partial charge in [-0.15, -0.1) is 0 Å². The average molecular weight is 275 g/mol. The second-order valence-corrected chi connectivity index (χ2v) is 5.26. The lowest BCUT2D eigenvalue weighted by molar-refractivity contribution is 0.104. The Labute approximate surface area is 121 Å². The average Bonchev–Trinajstić information content (AvgIpc) is 2.88. The van der Waals surface area contributed by atoms with Crippen molar-refractivity contribution in [1.29, 1.82) is 0 Å². The van der Waals surface area contributed by atoms with E-state index in [0.29, 0.717) is 17.0 Å². The number of rotatable bonds is 1. The summed E-state index contributed by atoms with van der Waals surface area (Å²) >= 11 is 0. The molecule has 3 heteroatoms. The van der Waals surface area contributed by atoms with Gasteiger partial charge < -0.3 is 4.42 Å². The summed E-state index contributed by atoms with van der Waals surface area (Å²) in [7, 11) is 0. The molecule has 1 aliphatic carbocycles. The molecular formula is C18H13NO2. The van der Waals surface area contributed by atoms with Gasteiger partial charge in [0.2, 0.25) is 0 Å². The van der Waals surface area contributed by atoms with E-state index in [2.05, 4.69) is 4.98 Å². The predicted octanol–water partition coefficient (Wildman–Crippen LogP) is 3.96. The smallest absolute Gasteiger partial charge is 0.192 e. The van der Waals surface area contributed by atoms with Gasteiger partial charge >= 0.3 is 0 Å². The van der Waals surface area contributed by atoms with Crippen LogP contribution in [0.2, 0.25) is 0 Å². The van der Waals surface area contributed by atoms with Gasteiger partial charge in [0.15, 0.2) is 17.3 Å². The van der Waals surface area contributed by atoms with Crippen molar-refractivity contribution >= 4 is 22.5 Å². The van der Waals surface area contributed by atoms with E-state index in [0.717, 1.165) is 28.6 Å².